The molecule has 6 heteroatoms. The summed E-state index contributed by atoms with van der Waals surface area (Å²) < 4.78 is 0. The lowest BCUT2D eigenvalue weighted by Crippen LogP contribution is -2.35. The molecule has 5 nitrogen and oxygen atoms in total. The maximum atomic E-state index is 11.0. The summed E-state index contributed by atoms with van der Waals surface area (Å²) in [4.78, 5) is 13.2. The Balaban J connectivity index is 1.67. The van der Waals surface area contributed by atoms with Crippen molar-refractivity contribution in [3.8, 4) is 11.3 Å². The molecule has 0 unspecified atom stereocenters. The molecule has 1 aromatic carbocycles. The molecule has 1 aromatic heterocycles. The summed E-state index contributed by atoms with van der Waals surface area (Å²) in [6.07, 6.45) is 2.39. The SMILES string of the molecule is NC(=O)CC1CCN(c2ccc(-c3ccccc3Cl)nn2)CC1. The van der Waals surface area contributed by atoms with Crippen LogP contribution in [-0.2, 0) is 4.79 Å². The van der Waals surface area contributed by atoms with Crippen LogP contribution in [0.4, 0.5) is 5.82 Å². The van der Waals surface area contributed by atoms with Crippen molar-refractivity contribution in [1.29, 1.82) is 0 Å². The van der Waals surface area contributed by atoms with Crippen molar-refractivity contribution in [3.63, 3.8) is 0 Å². The monoisotopic (exact) mass is 330 g/mol. The smallest absolute Gasteiger partial charge is 0.217 e. The van der Waals surface area contributed by atoms with Gasteiger partial charge in [-0.2, -0.15) is 0 Å². The molecule has 0 atom stereocenters. The van der Waals surface area contributed by atoms with E-state index in [0.717, 1.165) is 43.0 Å². The zero-order valence-corrected chi connectivity index (χ0v) is 13.5. The number of carbonyl (C=O) groups excluding carboxylic acids is 1. The molecular formula is C17H19ClN4O. The van der Waals surface area contributed by atoms with Crippen LogP contribution in [0.2, 0.25) is 5.02 Å². The highest BCUT2D eigenvalue weighted by molar-refractivity contribution is 6.33. The number of carbonyl (C=O) groups is 1. The molecule has 1 aliphatic rings. The molecule has 23 heavy (non-hydrogen) atoms. The van der Waals surface area contributed by atoms with Gasteiger partial charge in [0.15, 0.2) is 5.82 Å². The van der Waals surface area contributed by atoms with Crippen molar-refractivity contribution >= 4 is 23.3 Å². The van der Waals surface area contributed by atoms with Gasteiger partial charge >= 0.3 is 0 Å². The number of anilines is 1. The van der Waals surface area contributed by atoms with Crippen LogP contribution in [0, 0.1) is 5.92 Å². The molecule has 1 saturated heterocycles. The van der Waals surface area contributed by atoms with Crippen molar-refractivity contribution in [3.05, 3.63) is 41.4 Å². The molecule has 120 valence electrons. The first kappa shape index (κ1) is 15.7. The van der Waals surface area contributed by atoms with Crippen molar-refractivity contribution in [2.75, 3.05) is 18.0 Å². The maximum absolute atomic E-state index is 11.0. The Morgan fingerprint density at radius 2 is 1.91 bits per heavy atom. The lowest BCUT2D eigenvalue weighted by Gasteiger charge is -2.32. The predicted octanol–water partition coefficient (Wildman–Crippen LogP) is 2.89. The fourth-order valence-corrected chi connectivity index (χ4v) is 3.19. The third-order valence-corrected chi connectivity index (χ3v) is 4.56. The fraction of sp³-hybridized carbons (Fsp3) is 0.353. The van der Waals surface area contributed by atoms with Gasteiger partial charge in [0, 0.05) is 25.1 Å². The molecule has 0 saturated carbocycles. The lowest BCUT2D eigenvalue weighted by atomic mass is 9.93. The number of rotatable bonds is 4. The fourth-order valence-electron chi connectivity index (χ4n) is 2.96. The average Bonchev–Trinajstić information content (AvgIpc) is 2.56. The average molecular weight is 331 g/mol. The zero-order valence-electron chi connectivity index (χ0n) is 12.8. The second-order valence-electron chi connectivity index (χ2n) is 5.86. The highest BCUT2D eigenvalue weighted by Gasteiger charge is 2.21. The van der Waals surface area contributed by atoms with E-state index in [-0.39, 0.29) is 5.91 Å². The molecule has 2 heterocycles. The van der Waals surface area contributed by atoms with E-state index in [4.69, 9.17) is 17.3 Å². The Hall–Kier alpha value is -2.14. The molecule has 1 aliphatic heterocycles. The molecule has 0 bridgehead atoms. The first-order chi connectivity index (χ1) is 11.1. The van der Waals surface area contributed by atoms with E-state index in [1.54, 1.807) is 0 Å². The number of piperidine rings is 1. The van der Waals surface area contributed by atoms with E-state index in [1.807, 2.05) is 36.4 Å². The lowest BCUT2D eigenvalue weighted by molar-refractivity contribution is -0.119. The maximum Gasteiger partial charge on any atom is 0.217 e. The highest BCUT2D eigenvalue weighted by Crippen LogP contribution is 2.27. The number of amides is 1. The molecular weight excluding hydrogens is 312 g/mol. The van der Waals surface area contributed by atoms with Gasteiger partial charge in [0.2, 0.25) is 5.91 Å². The second kappa shape index (κ2) is 6.96. The zero-order chi connectivity index (χ0) is 16.2. The third-order valence-electron chi connectivity index (χ3n) is 4.23. The Morgan fingerprint density at radius 1 is 1.17 bits per heavy atom. The van der Waals surface area contributed by atoms with Crippen molar-refractivity contribution in [1.82, 2.24) is 10.2 Å². The van der Waals surface area contributed by atoms with Gasteiger partial charge in [-0.05, 0) is 37.0 Å². The van der Waals surface area contributed by atoms with Crippen LogP contribution in [0.15, 0.2) is 36.4 Å². The topological polar surface area (TPSA) is 72.1 Å². The summed E-state index contributed by atoms with van der Waals surface area (Å²) in [6, 6.07) is 11.5. The molecule has 1 amide bonds. The summed E-state index contributed by atoms with van der Waals surface area (Å²) >= 11 is 6.19. The number of nitrogens with two attached hydrogens (primary N) is 1. The standard InChI is InChI=1S/C17H19ClN4O/c18-14-4-2-1-3-13(14)15-5-6-17(21-20-15)22-9-7-12(8-10-22)11-16(19)23/h1-6,12H,7-11H2,(H2,19,23). The number of hydrogen-bond donors (Lipinski definition) is 1. The van der Waals surface area contributed by atoms with Gasteiger partial charge in [-0.25, -0.2) is 0 Å². The number of benzene rings is 1. The van der Waals surface area contributed by atoms with Crippen molar-refractivity contribution in [2.45, 2.75) is 19.3 Å². The predicted molar refractivity (Wildman–Crippen MR) is 91.2 cm³/mol. The Kier molecular flexibility index (Phi) is 4.76. The van der Waals surface area contributed by atoms with Gasteiger partial charge in [-0.15, -0.1) is 10.2 Å². The first-order valence-corrected chi connectivity index (χ1v) is 8.13. The van der Waals surface area contributed by atoms with E-state index in [9.17, 15) is 4.79 Å². The summed E-state index contributed by atoms with van der Waals surface area (Å²) in [5.41, 5.74) is 6.92. The van der Waals surface area contributed by atoms with Gasteiger partial charge in [0.1, 0.15) is 0 Å². The molecule has 1 fully saturated rings. The minimum absolute atomic E-state index is 0.215. The van der Waals surface area contributed by atoms with E-state index >= 15 is 0 Å². The van der Waals surface area contributed by atoms with Gasteiger partial charge in [-0.3, -0.25) is 4.79 Å². The summed E-state index contributed by atoms with van der Waals surface area (Å²) in [5, 5.41) is 9.30. The molecule has 2 aromatic rings. The van der Waals surface area contributed by atoms with Crippen LogP contribution in [0.3, 0.4) is 0 Å². The van der Waals surface area contributed by atoms with Gasteiger partial charge < -0.3 is 10.6 Å². The van der Waals surface area contributed by atoms with E-state index < -0.39 is 0 Å². The molecule has 0 aliphatic carbocycles. The molecule has 3 rings (SSSR count). The van der Waals surface area contributed by atoms with Crippen LogP contribution in [0.5, 0.6) is 0 Å². The normalized spacial score (nSPS) is 15.6. The van der Waals surface area contributed by atoms with E-state index in [0.29, 0.717) is 17.4 Å². The van der Waals surface area contributed by atoms with Gasteiger partial charge in [0.25, 0.3) is 0 Å². The Morgan fingerprint density at radius 3 is 2.52 bits per heavy atom. The minimum Gasteiger partial charge on any atom is -0.370 e. The van der Waals surface area contributed by atoms with Gasteiger partial charge in [-0.1, -0.05) is 29.8 Å². The first-order valence-electron chi connectivity index (χ1n) is 7.75. The molecule has 0 spiro atoms. The number of aromatic nitrogens is 2. The van der Waals surface area contributed by atoms with E-state index in [2.05, 4.69) is 15.1 Å². The van der Waals surface area contributed by atoms with Crippen LogP contribution in [0.1, 0.15) is 19.3 Å². The number of halogens is 1. The van der Waals surface area contributed by atoms with Crippen molar-refractivity contribution < 1.29 is 4.79 Å². The minimum atomic E-state index is -0.215. The van der Waals surface area contributed by atoms with E-state index in [1.165, 1.54) is 0 Å². The Labute approximate surface area is 140 Å². The molecule has 0 radical (unpaired) electrons. The quantitative estimate of drug-likeness (QED) is 0.935. The highest BCUT2D eigenvalue weighted by atomic mass is 35.5. The Bertz CT molecular complexity index is 681. The number of primary amides is 1. The third kappa shape index (κ3) is 3.79. The number of hydrogen-bond acceptors (Lipinski definition) is 4. The second-order valence-corrected chi connectivity index (χ2v) is 6.26. The summed E-state index contributed by atoms with van der Waals surface area (Å²) in [5.74, 6) is 1.03. The summed E-state index contributed by atoms with van der Waals surface area (Å²) in [7, 11) is 0. The summed E-state index contributed by atoms with van der Waals surface area (Å²) in [6.45, 7) is 1.75. The van der Waals surface area contributed by atoms with Crippen LogP contribution >= 0.6 is 11.6 Å². The number of nitrogens with zero attached hydrogens (tertiary/aromatic N) is 3. The van der Waals surface area contributed by atoms with Crippen LogP contribution in [0.25, 0.3) is 11.3 Å². The van der Waals surface area contributed by atoms with Crippen LogP contribution < -0.4 is 10.6 Å². The van der Waals surface area contributed by atoms with Gasteiger partial charge in [0.05, 0.1) is 10.7 Å². The largest absolute Gasteiger partial charge is 0.370 e. The van der Waals surface area contributed by atoms with Crippen LogP contribution in [-0.4, -0.2) is 29.2 Å². The van der Waals surface area contributed by atoms with Crippen molar-refractivity contribution in [2.24, 2.45) is 11.7 Å². The molecule has 2 N–H and O–H groups in total.